The number of pyridine rings is 1. The normalized spacial score (nSPS) is 11.3. The van der Waals surface area contributed by atoms with E-state index in [2.05, 4.69) is 42.0 Å². The zero-order valence-electron chi connectivity index (χ0n) is 17.1. The molecule has 0 spiro atoms. The molecule has 0 aliphatic rings. The maximum absolute atomic E-state index is 12.8. The number of halogens is 1. The van der Waals surface area contributed by atoms with Gasteiger partial charge in [0.1, 0.15) is 0 Å². The number of nitrogens with zero attached hydrogens (tertiary/aromatic N) is 3. The molecule has 0 radical (unpaired) electrons. The van der Waals surface area contributed by atoms with Gasteiger partial charge in [0, 0.05) is 22.5 Å². The van der Waals surface area contributed by atoms with Crippen LogP contribution in [0.3, 0.4) is 0 Å². The van der Waals surface area contributed by atoms with E-state index in [9.17, 15) is 4.79 Å². The third kappa shape index (κ3) is 5.65. The number of rotatable bonds is 7. The number of hydrogen-bond acceptors (Lipinski definition) is 5. The average Bonchev–Trinajstić information content (AvgIpc) is 2.82. The Kier molecular flexibility index (Phi) is 6.99. The number of carbonyl (C=O) groups is 1. The topological polar surface area (TPSA) is 78.7 Å². The van der Waals surface area contributed by atoms with Gasteiger partial charge >= 0.3 is 0 Å². The molecular formula is C25H20BrN5O. The summed E-state index contributed by atoms with van der Waals surface area (Å²) in [5, 5.41) is 9.09. The van der Waals surface area contributed by atoms with Gasteiger partial charge in [-0.2, -0.15) is 10.2 Å². The van der Waals surface area contributed by atoms with Crippen molar-refractivity contribution in [2.75, 3.05) is 5.43 Å². The predicted molar refractivity (Wildman–Crippen MR) is 133 cm³/mol. The first kappa shape index (κ1) is 21.4. The number of amides is 1. The Morgan fingerprint density at radius 1 is 0.938 bits per heavy atom. The molecule has 1 heterocycles. The molecule has 4 rings (SSSR count). The second kappa shape index (κ2) is 10.5. The molecule has 0 aliphatic heterocycles. The quantitative estimate of drug-likeness (QED) is 0.271. The van der Waals surface area contributed by atoms with Crippen molar-refractivity contribution in [1.82, 2.24) is 10.4 Å². The van der Waals surface area contributed by atoms with Crippen LogP contribution in [-0.2, 0) is 6.42 Å². The van der Waals surface area contributed by atoms with Crippen LogP contribution < -0.4 is 10.9 Å². The highest BCUT2D eigenvalue weighted by Crippen LogP contribution is 2.18. The molecule has 0 unspecified atom stereocenters. The van der Waals surface area contributed by atoms with Crippen molar-refractivity contribution in [3.63, 3.8) is 0 Å². The number of hydrogen-bond donors (Lipinski definition) is 2. The minimum atomic E-state index is -0.303. The molecule has 4 aromatic rings. The van der Waals surface area contributed by atoms with Gasteiger partial charge in [-0.15, -0.1) is 0 Å². The van der Waals surface area contributed by atoms with Gasteiger partial charge in [0.2, 0.25) is 0 Å². The minimum absolute atomic E-state index is 0.303. The average molecular weight is 486 g/mol. The summed E-state index contributed by atoms with van der Waals surface area (Å²) in [5.41, 5.74) is 9.28. The Morgan fingerprint density at radius 2 is 1.75 bits per heavy atom. The highest BCUT2D eigenvalue weighted by molar-refractivity contribution is 9.10. The maximum Gasteiger partial charge on any atom is 0.272 e. The number of nitrogens with one attached hydrogen (secondary N) is 2. The number of carbonyl (C=O) groups excluding carboxylic acids is 1. The molecular weight excluding hydrogens is 466 g/mol. The number of benzene rings is 3. The van der Waals surface area contributed by atoms with Gasteiger partial charge in [-0.3, -0.25) is 10.2 Å². The van der Waals surface area contributed by atoms with Crippen LogP contribution in [0.5, 0.6) is 0 Å². The molecule has 32 heavy (non-hydrogen) atoms. The SMILES string of the molecule is O=C(N/N=C/Cc1ccccc1)c1cc(/C=N/Nc2cccc(Br)c2)nc2ccccc12. The van der Waals surface area contributed by atoms with Gasteiger partial charge in [0.25, 0.3) is 5.91 Å². The van der Waals surface area contributed by atoms with E-state index in [0.717, 1.165) is 21.1 Å². The molecule has 0 saturated carbocycles. The first-order valence-electron chi connectivity index (χ1n) is 9.99. The third-order valence-corrected chi connectivity index (χ3v) is 5.12. The highest BCUT2D eigenvalue weighted by atomic mass is 79.9. The van der Waals surface area contributed by atoms with Crippen LogP contribution in [0.4, 0.5) is 5.69 Å². The molecule has 1 amide bonds. The van der Waals surface area contributed by atoms with Gasteiger partial charge in [-0.05, 0) is 35.9 Å². The number of para-hydroxylation sites is 1. The van der Waals surface area contributed by atoms with E-state index < -0.39 is 0 Å². The Bertz CT molecular complexity index is 1290. The van der Waals surface area contributed by atoms with E-state index in [1.807, 2.05) is 78.9 Å². The summed E-state index contributed by atoms with van der Waals surface area (Å²) in [6.07, 6.45) is 3.90. The second-order valence-electron chi connectivity index (χ2n) is 6.93. The Hall–Kier alpha value is -3.84. The van der Waals surface area contributed by atoms with Crippen LogP contribution in [0.15, 0.2) is 99.6 Å². The lowest BCUT2D eigenvalue weighted by Crippen LogP contribution is -2.18. The van der Waals surface area contributed by atoms with Crippen molar-refractivity contribution in [1.29, 1.82) is 0 Å². The zero-order valence-corrected chi connectivity index (χ0v) is 18.7. The molecule has 1 aromatic heterocycles. The van der Waals surface area contributed by atoms with Crippen LogP contribution in [0.2, 0.25) is 0 Å². The molecule has 0 atom stereocenters. The van der Waals surface area contributed by atoms with Crippen LogP contribution in [0.25, 0.3) is 10.9 Å². The van der Waals surface area contributed by atoms with Crippen LogP contribution in [-0.4, -0.2) is 23.3 Å². The number of aromatic nitrogens is 1. The lowest BCUT2D eigenvalue weighted by Gasteiger charge is -2.07. The van der Waals surface area contributed by atoms with Gasteiger partial charge < -0.3 is 0 Å². The van der Waals surface area contributed by atoms with Crippen molar-refractivity contribution in [3.8, 4) is 0 Å². The van der Waals surface area contributed by atoms with E-state index in [-0.39, 0.29) is 5.91 Å². The summed E-state index contributed by atoms with van der Waals surface area (Å²) in [6.45, 7) is 0. The van der Waals surface area contributed by atoms with Crippen LogP contribution >= 0.6 is 15.9 Å². The van der Waals surface area contributed by atoms with Crippen molar-refractivity contribution in [2.45, 2.75) is 6.42 Å². The largest absolute Gasteiger partial charge is 0.278 e. The van der Waals surface area contributed by atoms with Crippen LogP contribution in [0.1, 0.15) is 21.6 Å². The fraction of sp³-hybridized carbons (Fsp3) is 0.0400. The number of fused-ring (bicyclic) bond motifs is 1. The van der Waals surface area contributed by atoms with Crippen molar-refractivity contribution in [3.05, 3.63) is 106 Å². The van der Waals surface area contributed by atoms with Crippen molar-refractivity contribution in [2.24, 2.45) is 10.2 Å². The van der Waals surface area contributed by atoms with Crippen LogP contribution in [0, 0.1) is 0 Å². The van der Waals surface area contributed by atoms with E-state index >= 15 is 0 Å². The first-order chi connectivity index (χ1) is 15.7. The molecule has 158 valence electrons. The summed E-state index contributed by atoms with van der Waals surface area (Å²) in [6, 6.07) is 26.8. The minimum Gasteiger partial charge on any atom is -0.278 e. The smallest absolute Gasteiger partial charge is 0.272 e. The van der Waals surface area contributed by atoms with Gasteiger partial charge in [0.05, 0.1) is 28.7 Å². The summed E-state index contributed by atoms with van der Waals surface area (Å²) < 4.78 is 0.952. The molecule has 7 heteroatoms. The lowest BCUT2D eigenvalue weighted by atomic mass is 10.1. The second-order valence-corrected chi connectivity index (χ2v) is 7.85. The zero-order chi connectivity index (χ0) is 22.2. The van der Waals surface area contributed by atoms with Crippen molar-refractivity contribution >= 4 is 50.9 Å². The number of anilines is 1. The summed E-state index contributed by atoms with van der Waals surface area (Å²) in [7, 11) is 0. The maximum atomic E-state index is 12.8. The first-order valence-corrected chi connectivity index (χ1v) is 10.8. The van der Waals surface area contributed by atoms with Gasteiger partial charge in [0.15, 0.2) is 0 Å². The molecule has 0 saturated heterocycles. The number of hydrazone groups is 2. The summed E-state index contributed by atoms with van der Waals surface area (Å²) in [5.74, 6) is -0.303. The fourth-order valence-corrected chi connectivity index (χ4v) is 3.51. The lowest BCUT2D eigenvalue weighted by molar-refractivity contribution is 0.0956. The molecule has 0 aliphatic carbocycles. The molecule has 2 N–H and O–H groups in total. The van der Waals surface area contributed by atoms with E-state index in [1.54, 1.807) is 18.5 Å². The molecule has 3 aromatic carbocycles. The molecule has 0 fully saturated rings. The predicted octanol–water partition coefficient (Wildman–Crippen LogP) is 5.40. The Labute approximate surface area is 194 Å². The van der Waals surface area contributed by atoms with Gasteiger partial charge in [-0.25, -0.2) is 10.4 Å². The summed E-state index contributed by atoms with van der Waals surface area (Å²) >= 11 is 3.43. The van der Waals surface area contributed by atoms with E-state index in [1.165, 1.54) is 0 Å². The van der Waals surface area contributed by atoms with E-state index in [0.29, 0.717) is 23.2 Å². The standard InChI is InChI=1S/C25H20BrN5O/c26-19-9-6-10-20(15-19)30-28-17-21-16-23(22-11-4-5-12-24(22)29-21)25(32)31-27-14-13-18-7-2-1-3-8-18/h1-12,14-17,30H,13H2,(H,31,32)/b27-14+,28-17+. The molecule has 0 bridgehead atoms. The monoisotopic (exact) mass is 485 g/mol. The Morgan fingerprint density at radius 3 is 2.59 bits per heavy atom. The highest BCUT2D eigenvalue weighted by Gasteiger charge is 2.12. The third-order valence-electron chi connectivity index (χ3n) is 4.62. The van der Waals surface area contributed by atoms with Crippen molar-refractivity contribution < 1.29 is 4.79 Å². The van der Waals surface area contributed by atoms with E-state index in [4.69, 9.17) is 0 Å². The molecule has 6 nitrogen and oxygen atoms in total. The fourth-order valence-electron chi connectivity index (χ4n) is 3.11. The van der Waals surface area contributed by atoms with Gasteiger partial charge in [-0.1, -0.05) is 70.5 Å². The summed E-state index contributed by atoms with van der Waals surface area (Å²) in [4.78, 5) is 17.4. The Balaban J connectivity index is 1.51.